The summed E-state index contributed by atoms with van der Waals surface area (Å²) in [5.41, 5.74) is 1.25. The highest BCUT2D eigenvalue weighted by Gasteiger charge is 2.59. The number of imide groups is 1. The first-order chi connectivity index (χ1) is 13.1. The number of nitrogens with one attached hydrogen (secondary N) is 1. The van der Waals surface area contributed by atoms with Crippen LogP contribution in [0.5, 0.6) is 0 Å². The maximum Gasteiger partial charge on any atom is 0.240 e. The van der Waals surface area contributed by atoms with Gasteiger partial charge < -0.3 is 5.32 Å². The summed E-state index contributed by atoms with van der Waals surface area (Å²) >= 11 is 0. The Labute approximate surface area is 158 Å². The van der Waals surface area contributed by atoms with Crippen LogP contribution in [0.2, 0.25) is 0 Å². The van der Waals surface area contributed by atoms with Gasteiger partial charge in [-0.05, 0) is 36.7 Å². The van der Waals surface area contributed by atoms with E-state index in [1.807, 2.05) is 18.2 Å². The van der Waals surface area contributed by atoms with E-state index in [1.54, 1.807) is 0 Å². The van der Waals surface area contributed by atoms with Crippen LogP contribution in [0.3, 0.4) is 0 Å². The molecule has 1 aliphatic heterocycles. The molecule has 5 rings (SSSR count). The molecule has 1 aromatic rings. The Morgan fingerprint density at radius 3 is 2.22 bits per heavy atom. The molecule has 3 amide bonds. The Balaban J connectivity index is 1.23. The molecular weight excluding hydrogens is 340 g/mol. The Bertz CT molecular complexity index is 797. The second kappa shape index (κ2) is 6.04. The van der Waals surface area contributed by atoms with Crippen LogP contribution in [-0.4, -0.2) is 35.7 Å². The molecule has 3 aliphatic carbocycles. The topological polar surface area (TPSA) is 66.5 Å². The van der Waals surface area contributed by atoms with Crippen molar-refractivity contribution in [2.75, 3.05) is 13.1 Å². The molecule has 27 heavy (non-hydrogen) atoms. The SMILES string of the molecule is O=C(CN1C(=O)[C@H]2[C@H](C1=O)[C@H]1C=C[C@H]2C1)NCC1(c2ccccc2)CCC1. The van der Waals surface area contributed by atoms with Crippen molar-refractivity contribution in [2.24, 2.45) is 23.7 Å². The molecular formula is C22H24N2O3. The standard InChI is InChI=1S/C22H24N2O3/c25-17(23-13-22(9-4-10-22)16-5-2-1-3-6-16)12-24-20(26)18-14-7-8-15(11-14)19(18)21(24)27/h1-3,5-8,14-15,18-19H,4,9-13H2,(H,23,25)/t14-,15-,18+,19+/m0/s1. The minimum absolute atomic E-state index is 0.00448. The first kappa shape index (κ1) is 16.7. The van der Waals surface area contributed by atoms with Crippen molar-refractivity contribution in [1.29, 1.82) is 0 Å². The number of amides is 3. The Morgan fingerprint density at radius 2 is 1.67 bits per heavy atom. The largest absolute Gasteiger partial charge is 0.354 e. The van der Waals surface area contributed by atoms with Crippen LogP contribution in [0.4, 0.5) is 0 Å². The molecule has 0 aromatic heterocycles. The normalized spacial score (nSPS) is 32.5. The number of carbonyl (C=O) groups excluding carboxylic acids is 3. The third kappa shape index (κ3) is 2.47. The van der Waals surface area contributed by atoms with Crippen molar-refractivity contribution in [1.82, 2.24) is 10.2 Å². The molecule has 4 atom stereocenters. The third-order valence-corrected chi connectivity index (χ3v) is 7.18. The van der Waals surface area contributed by atoms with E-state index in [4.69, 9.17) is 0 Å². The van der Waals surface area contributed by atoms with Crippen molar-refractivity contribution < 1.29 is 14.4 Å². The third-order valence-electron chi connectivity index (χ3n) is 7.18. The lowest BCUT2D eigenvalue weighted by atomic mass is 9.64. The maximum atomic E-state index is 12.7. The highest BCUT2D eigenvalue weighted by molar-refractivity contribution is 6.08. The summed E-state index contributed by atoms with van der Waals surface area (Å²) in [7, 11) is 0. The predicted molar refractivity (Wildman–Crippen MR) is 99.4 cm³/mol. The van der Waals surface area contributed by atoms with Crippen molar-refractivity contribution in [3.63, 3.8) is 0 Å². The number of carbonyl (C=O) groups is 3. The molecule has 0 unspecified atom stereocenters. The van der Waals surface area contributed by atoms with Crippen LogP contribution in [-0.2, 0) is 19.8 Å². The van der Waals surface area contributed by atoms with Crippen LogP contribution < -0.4 is 5.32 Å². The van der Waals surface area contributed by atoms with Crippen LogP contribution in [0.25, 0.3) is 0 Å². The number of nitrogens with zero attached hydrogens (tertiary/aromatic N) is 1. The lowest BCUT2D eigenvalue weighted by Gasteiger charge is -2.42. The summed E-state index contributed by atoms with van der Waals surface area (Å²) in [6.45, 7) is 0.417. The monoisotopic (exact) mass is 364 g/mol. The van der Waals surface area contributed by atoms with Crippen LogP contribution >= 0.6 is 0 Å². The van der Waals surface area contributed by atoms with Gasteiger partial charge in [0.05, 0.1) is 11.8 Å². The second-order valence-electron chi connectivity index (χ2n) is 8.54. The molecule has 1 heterocycles. The first-order valence-electron chi connectivity index (χ1n) is 9.95. The van der Waals surface area contributed by atoms with E-state index in [0.29, 0.717) is 6.54 Å². The smallest absolute Gasteiger partial charge is 0.240 e. The summed E-state index contributed by atoms with van der Waals surface area (Å²) in [6, 6.07) is 10.3. The van der Waals surface area contributed by atoms with Crippen LogP contribution in [0, 0.1) is 23.7 Å². The number of likely N-dealkylation sites (tertiary alicyclic amines) is 1. The Hall–Kier alpha value is -2.43. The number of rotatable bonds is 5. The molecule has 3 fully saturated rings. The summed E-state index contributed by atoms with van der Waals surface area (Å²) in [5.74, 6) is -0.650. The van der Waals surface area contributed by atoms with Gasteiger partial charge in [0.2, 0.25) is 17.7 Å². The van der Waals surface area contributed by atoms with Gasteiger partial charge in [0.15, 0.2) is 0 Å². The highest BCUT2D eigenvalue weighted by Crippen LogP contribution is 2.52. The van der Waals surface area contributed by atoms with Crippen molar-refractivity contribution >= 4 is 17.7 Å². The Kier molecular flexibility index (Phi) is 3.74. The van der Waals surface area contributed by atoms with Gasteiger partial charge in [-0.1, -0.05) is 48.9 Å². The zero-order valence-corrected chi connectivity index (χ0v) is 15.3. The zero-order chi connectivity index (χ0) is 18.6. The Morgan fingerprint density at radius 1 is 1.04 bits per heavy atom. The van der Waals surface area contributed by atoms with Crippen LogP contribution in [0.1, 0.15) is 31.2 Å². The maximum absolute atomic E-state index is 12.7. The fraction of sp³-hybridized carbons (Fsp3) is 0.500. The number of benzene rings is 1. The minimum atomic E-state index is -0.237. The number of fused-ring (bicyclic) bond motifs is 5. The minimum Gasteiger partial charge on any atom is -0.354 e. The van der Waals surface area contributed by atoms with Gasteiger partial charge in [0, 0.05) is 12.0 Å². The molecule has 4 aliphatic rings. The van der Waals surface area contributed by atoms with Gasteiger partial charge in [0.1, 0.15) is 6.54 Å². The quantitative estimate of drug-likeness (QED) is 0.642. The van der Waals surface area contributed by atoms with Crippen molar-refractivity contribution in [3.8, 4) is 0 Å². The van der Waals surface area contributed by atoms with E-state index in [2.05, 4.69) is 29.6 Å². The first-order valence-corrected chi connectivity index (χ1v) is 9.95. The van der Waals surface area contributed by atoms with Gasteiger partial charge in [0.25, 0.3) is 0 Å². The zero-order valence-electron chi connectivity index (χ0n) is 15.3. The molecule has 5 nitrogen and oxygen atoms in total. The lowest BCUT2D eigenvalue weighted by Crippen LogP contribution is -2.48. The van der Waals surface area contributed by atoms with E-state index in [9.17, 15) is 14.4 Å². The fourth-order valence-electron chi connectivity index (χ4n) is 5.55. The van der Waals surface area contributed by atoms with Crippen molar-refractivity contribution in [2.45, 2.75) is 31.1 Å². The number of hydrogen-bond acceptors (Lipinski definition) is 3. The summed E-state index contributed by atoms with van der Waals surface area (Å²) in [6.07, 6.45) is 8.32. The molecule has 1 aromatic carbocycles. The molecule has 140 valence electrons. The van der Waals surface area contributed by atoms with E-state index in [1.165, 1.54) is 10.5 Å². The van der Waals surface area contributed by atoms with Gasteiger partial charge >= 0.3 is 0 Å². The average Bonchev–Trinajstić information content (AvgIpc) is 3.32. The molecule has 0 spiro atoms. The van der Waals surface area contributed by atoms with Crippen molar-refractivity contribution in [3.05, 3.63) is 48.0 Å². The average molecular weight is 364 g/mol. The summed E-state index contributed by atoms with van der Waals surface area (Å²) in [4.78, 5) is 39.1. The van der Waals surface area contributed by atoms with E-state index in [-0.39, 0.29) is 53.4 Å². The van der Waals surface area contributed by atoms with Gasteiger partial charge in [-0.3, -0.25) is 19.3 Å². The van der Waals surface area contributed by atoms with Gasteiger partial charge in [-0.2, -0.15) is 0 Å². The van der Waals surface area contributed by atoms with E-state index >= 15 is 0 Å². The predicted octanol–water partition coefficient (Wildman–Crippen LogP) is 2.03. The molecule has 0 radical (unpaired) electrons. The van der Waals surface area contributed by atoms with E-state index in [0.717, 1.165) is 25.7 Å². The second-order valence-corrected chi connectivity index (χ2v) is 8.54. The molecule has 1 saturated heterocycles. The van der Waals surface area contributed by atoms with Gasteiger partial charge in [-0.25, -0.2) is 0 Å². The van der Waals surface area contributed by atoms with E-state index < -0.39 is 0 Å². The number of hydrogen-bond donors (Lipinski definition) is 1. The molecule has 2 saturated carbocycles. The molecule has 1 N–H and O–H groups in total. The molecule has 5 heteroatoms. The van der Waals surface area contributed by atoms with Gasteiger partial charge in [-0.15, -0.1) is 0 Å². The number of allylic oxidation sites excluding steroid dienone is 2. The highest BCUT2D eigenvalue weighted by atomic mass is 16.2. The molecule has 2 bridgehead atoms. The summed E-state index contributed by atoms with van der Waals surface area (Å²) < 4.78 is 0. The fourth-order valence-corrected chi connectivity index (χ4v) is 5.55. The lowest BCUT2D eigenvalue weighted by molar-refractivity contribution is -0.144. The summed E-state index contributed by atoms with van der Waals surface area (Å²) in [5, 5.41) is 2.99. The van der Waals surface area contributed by atoms with Crippen LogP contribution in [0.15, 0.2) is 42.5 Å².